The topological polar surface area (TPSA) is 20.2 Å². The van der Waals surface area contributed by atoms with E-state index in [-0.39, 0.29) is 0 Å². The highest BCUT2D eigenvalue weighted by Crippen LogP contribution is 2.47. The van der Waals surface area contributed by atoms with Crippen LogP contribution < -0.4 is 0 Å². The number of aliphatic hydroxyl groups is 1. The standard InChI is InChI=1S/C9H14O/c1-6-7-2-3-8(4-7)9(6)5-10/h2-3,6-10H,4-5H2,1H3/t6-,7+,8-,9-/m1/s1. The van der Waals surface area contributed by atoms with Gasteiger partial charge in [0.2, 0.25) is 0 Å². The van der Waals surface area contributed by atoms with E-state index >= 15 is 0 Å². The molecule has 0 aromatic rings. The maximum Gasteiger partial charge on any atom is 0.0467 e. The first kappa shape index (κ1) is 6.41. The monoisotopic (exact) mass is 138 g/mol. The molecule has 0 saturated heterocycles. The van der Waals surface area contributed by atoms with Gasteiger partial charge >= 0.3 is 0 Å². The number of hydrogen-bond donors (Lipinski definition) is 1. The zero-order valence-corrected chi connectivity index (χ0v) is 6.33. The molecule has 1 heteroatoms. The zero-order chi connectivity index (χ0) is 7.14. The second-order valence-electron chi connectivity index (χ2n) is 3.65. The summed E-state index contributed by atoms with van der Waals surface area (Å²) in [5.41, 5.74) is 0. The average molecular weight is 138 g/mol. The lowest BCUT2D eigenvalue weighted by atomic mass is 9.85. The fourth-order valence-corrected chi connectivity index (χ4v) is 2.47. The van der Waals surface area contributed by atoms with E-state index in [0.717, 1.165) is 11.8 Å². The van der Waals surface area contributed by atoms with Crippen molar-refractivity contribution in [2.24, 2.45) is 23.7 Å². The van der Waals surface area contributed by atoms with Crippen LogP contribution in [0.5, 0.6) is 0 Å². The maximum atomic E-state index is 9.02. The Morgan fingerprint density at radius 3 is 2.50 bits per heavy atom. The Morgan fingerprint density at radius 2 is 2.10 bits per heavy atom. The van der Waals surface area contributed by atoms with E-state index in [1.807, 2.05) is 0 Å². The minimum Gasteiger partial charge on any atom is -0.396 e. The van der Waals surface area contributed by atoms with Crippen LogP contribution in [0.2, 0.25) is 0 Å². The molecule has 56 valence electrons. The van der Waals surface area contributed by atoms with Crippen molar-refractivity contribution in [2.75, 3.05) is 6.61 Å². The highest BCUT2D eigenvalue weighted by molar-refractivity contribution is 5.12. The summed E-state index contributed by atoms with van der Waals surface area (Å²) in [4.78, 5) is 0. The second kappa shape index (κ2) is 2.09. The largest absolute Gasteiger partial charge is 0.396 e. The van der Waals surface area contributed by atoms with E-state index in [1.54, 1.807) is 0 Å². The molecule has 2 bridgehead atoms. The molecule has 2 rings (SSSR count). The number of aliphatic hydroxyl groups excluding tert-OH is 1. The summed E-state index contributed by atoms with van der Waals surface area (Å²) < 4.78 is 0. The van der Waals surface area contributed by atoms with Crippen molar-refractivity contribution in [3.8, 4) is 0 Å². The smallest absolute Gasteiger partial charge is 0.0467 e. The first-order valence-electron chi connectivity index (χ1n) is 4.12. The highest BCUT2D eigenvalue weighted by Gasteiger charge is 2.40. The van der Waals surface area contributed by atoms with Gasteiger partial charge < -0.3 is 5.11 Å². The third-order valence-corrected chi connectivity index (χ3v) is 3.26. The van der Waals surface area contributed by atoms with Crippen LogP contribution in [-0.4, -0.2) is 11.7 Å². The highest BCUT2D eigenvalue weighted by atomic mass is 16.3. The Bertz CT molecular complexity index is 162. The lowest BCUT2D eigenvalue weighted by Gasteiger charge is -2.21. The summed E-state index contributed by atoms with van der Waals surface area (Å²) in [7, 11) is 0. The van der Waals surface area contributed by atoms with Crippen LogP contribution in [-0.2, 0) is 0 Å². The quantitative estimate of drug-likeness (QED) is 0.543. The van der Waals surface area contributed by atoms with Crippen LogP contribution >= 0.6 is 0 Å². The second-order valence-corrected chi connectivity index (χ2v) is 3.65. The van der Waals surface area contributed by atoms with E-state index < -0.39 is 0 Å². The molecular weight excluding hydrogens is 124 g/mol. The van der Waals surface area contributed by atoms with Crippen LogP contribution in [0, 0.1) is 23.7 Å². The van der Waals surface area contributed by atoms with Crippen molar-refractivity contribution >= 4 is 0 Å². The first-order valence-corrected chi connectivity index (χ1v) is 4.12. The van der Waals surface area contributed by atoms with Gasteiger partial charge in [0, 0.05) is 6.61 Å². The normalized spacial score (nSPS) is 50.6. The van der Waals surface area contributed by atoms with Crippen molar-refractivity contribution in [3.63, 3.8) is 0 Å². The molecule has 0 heterocycles. The molecule has 2 aliphatic rings. The Balaban J connectivity index is 2.18. The Hall–Kier alpha value is -0.300. The van der Waals surface area contributed by atoms with Crippen molar-refractivity contribution in [1.29, 1.82) is 0 Å². The van der Waals surface area contributed by atoms with Gasteiger partial charge in [-0.2, -0.15) is 0 Å². The summed E-state index contributed by atoms with van der Waals surface area (Å²) in [6.07, 6.45) is 5.90. The van der Waals surface area contributed by atoms with Gasteiger partial charge in [-0.1, -0.05) is 19.1 Å². The molecule has 0 radical (unpaired) electrons. The number of allylic oxidation sites excluding steroid dienone is 2. The number of rotatable bonds is 1. The zero-order valence-electron chi connectivity index (χ0n) is 6.33. The molecule has 4 atom stereocenters. The minimum atomic E-state index is 0.382. The SMILES string of the molecule is C[C@H]1[C@@H](CO)[C@@H]2C=C[C@H]1C2. The van der Waals surface area contributed by atoms with Crippen molar-refractivity contribution in [2.45, 2.75) is 13.3 Å². The van der Waals surface area contributed by atoms with E-state index in [2.05, 4.69) is 19.1 Å². The fraction of sp³-hybridized carbons (Fsp3) is 0.778. The molecule has 0 aromatic heterocycles. The van der Waals surface area contributed by atoms with Gasteiger partial charge in [0.1, 0.15) is 0 Å². The lowest BCUT2D eigenvalue weighted by Crippen LogP contribution is -2.19. The molecule has 0 amide bonds. The molecule has 2 aliphatic carbocycles. The van der Waals surface area contributed by atoms with Crippen LogP contribution in [0.15, 0.2) is 12.2 Å². The predicted octanol–water partition coefficient (Wildman–Crippen LogP) is 1.44. The van der Waals surface area contributed by atoms with Crippen LogP contribution in [0.3, 0.4) is 0 Å². The van der Waals surface area contributed by atoms with Crippen LogP contribution in [0.4, 0.5) is 0 Å². The molecule has 0 aliphatic heterocycles. The summed E-state index contributed by atoms with van der Waals surface area (Å²) in [6, 6.07) is 0. The number of fused-ring (bicyclic) bond motifs is 2. The van der Waals surface area contributed by atoms with E-state index in [9.17, 15) is 0 Å². The van der Waals surface area contributed by atoms with E-state index in [4.69, 9.17) is 5.11 Å². The Labute approximate surface area is 61.8 Å². The van der Waals surface area contributed by atoms with Gasteiger partial charge in [-0.3, -0.25) is 0 Å². The summed E-state index contributed by atoms with van der Waals surface area (Å²) in [5.74, 6) is 2.77. The molecular formula is C9H14O. The molecule has 0 spiro atoms. The third-order valence-electron chi connectivity index (χ3n) is 3.26. The Morgan fingerprint density at radius 1 is 1.40 bits per heavy atom. The summed E-state index contributed by atoms with van der Waals surface area (Å²) >= 11 is 0. The van der Waals surface area contributed by atoms with Crippen LogP contribution in [0.25, 0.3) is 0 Å². The molecule has 1 nitrogen and oxygen atoms in total. The third kappa shape index (κ3) is 0.671. The van der Waals surface area contributed by atoms with Gasteiger partial charge in [0.05, 0.1) is 0 Å². The van der Waals surface area contributed by atoms with Gasteiger partial charge in [-0.15, -0.1) is 0 Å². The fourth-order valence-electron chi connectivity index (χ4n) is 2.47. The first-order chi connectivity index (χ1) is 4.83. The summed E-state index contributed by atoms with van der Waals surface area (Å²) in [6.45, 7) is 2.64. The van der Waals surface area contributed by atoms with Crippen molar-refractivity contribution in [1.82, 2.24) is 0 Å². The molecule has 1 fully saturated rings. The molecule has 1 saturated carbocycles. The van der Waals surface area contributed by atoms with Gasteiger partial charge in [0.25, 0.3) is 0 Å². The van der Waals surface area contributed by atoms with Crippen molar-refractivity contribution in [3.05, 3.63) is 12.2 Å². The minimum absolute atomic E-state index is 0.382. The lowest BCUT2D eigenvalue weighted by molar-refractivity contribution is 0.172. The molecule has 1 N–H and O–H groups in total. The van der Waals surface area contributed by atoms with Crippen molar-refractivity contribution < 1.29 is 5.11 Å². The van der Waals surface area contributed by atoms with Gasteiger partial charge in [-0.05, 0) is 30.1 Å². The van der Waals surface area contributed by atoms with Gasteiger partial charge in [0.15, 0.2) is 0 Å². The van der Waals surface area contributed by atoms with Crippen LogP contribution in [0.1, 0.15) is 13.3 Å². The van der Waals surface area contributed by atoms with E-state index in [0.29, 0.717) is 18.4 Å². The summed E-state index contributed by atoms with van der Waals surface area (Å²) in [5, 5.41) is 9.02. The predicted molar refractivity (Wildman–Crippen MR) is 40.5 cm³/mol. The molecule has 0 unspecified atom stereocenters. The Kier molecular flexibility index (Phi) is 1.34. The van der Waals surface area contributed by atoms with Gasteiger partial charge in [-0.25, -0.2) is 0 Å². The number of hydrogen-bond acceptors (Lipinski definition) is 1. The molecule has 0 aromatic carbocycles. The molecule has 10 heavy (non-hydrogen) atoms. The average Bonchev–Trinajstić information content (AvgIpc) is 2.46. The van der Waals surface area contributed by atoms with E-state index in [1.165, 1.54) is 6.42 Å². The maximum absolute atomic E-state index is 9.02.